The van der Waals surface area contributed by atoms with Crippen molar-refractivity contribution < 1.29 is 14.7 Å². The van der Waals surface area contributed by atoms with E-state index in [4.69, 9.17) is 9.63 Å². The minimum absolute atomic E-state index is 0. The van der Waals surface area contributed by atoms with Crippen LogP contribution in [0.5, 0.6) is 0 Å². The number of aliphatic hydroxyl groups excluding tert-OH is 2. The Morgan fingerprint density at radius 3 is 2.82 bits per heavy atom. The molecule has 1 aromatic carbocycles. The van der Waals surface area contributed by atoms with Gasteiger partial charge in [-0.05, 0) is 49.9 Å². The van der Waals surface area contributed by atoms with Crippen molar-refractivity contribution in [1.29, 1.82) is 5.26 Å². The maximum absolute atomic E-state index is 9.74. The van der Waals surface area contributed by atoms with Crippen LogP contribution in [0.1, 0.15) is 36.1 Å². The normalized spacial score (nSPS) is 14.3. The first-order valence-electron chi connectivity index (χ1n) is 11.0. The van der Waals surface area contributed by atoms with Crippen molar-refractivity contribution in [2.24, 2.45) is 0 Å². The maximum atomic E-state index is 9.74. The van der Waals surface area contributed by atoms with E-state index in [0.29, 0.717) is 35.2 Å². The van der Waals surface area contributed by atoms with E-state index in [1.807, 2.05) is 19.9 Å². The molecular formula is C24H29ClN6O3. The number of aliphatic hydroxyl groups is 2. The average molecular weight is 485 g/mol. The van der Waals surface area contributed by atoms with Gasteiger partial charge in [-0.1, -0.05) is 17.3 Å². The lowest BCUT2D eigenvalue weighted by Gasteiger charge is -2.31. The lowest BCUT2D eigenvalue weighted by Crippen LogP contribution is -2.38. The Hall–Kier alpha value is -3.03. The lowest BCUT2D eigenvalue weighted by atomic mass is 9.91. The molecule has 0 saturated heterocycles. The number of fused-ring (bicyclic) bond motifs is 1. The van der Waals surface area contributed by atoms with Crippen molar-refractivity contribution in [2.75, 3.05) is 25.0 Å². The molecule has 0 radical (unpaired) electrons. The van der Waals surface area contributed by atoms with E-state index in [1.54, 1.807) is 12.3 Å². The Kier molecular flexibility index (Phi) is 8.23. The molecule has 10 heteroatoms. The zero-order valence-electron chi connectivity index (χ0n) is 19.4. The molecule has 0 saturated carbocycles. The predicted molar refractivity (Wildman–Crippen MR) is 130 cm³/mol. The van der Waals surface area contributed by atoms with Gasteiger partial charge in [-0.3, -0.25) is 4.90 Å². The maximum Gasteiger partial charge on any atom is 0.259 e. The van der Waals surface area contributed by atoms with E-state index in [0.717, 1.165) is 30.6 Å². The molecule has 3 heterocycles. The molecule has 4 rings (SSSR count). The van der Waals surface area contributed by atoms with Gasteiger partial charge in [0, 0.05) is 37.4 Å². The third kappa shape index (κ3) is 5.37. The minimum atomic E-state index is -0.726. The molecule has 0 spiro atoms. The second kappa shape index (κ2) is 10.9. The Bertz CT molecular complexity index is 1190. The number of hydrogen-bond donors (Lipinski definition) is 3. The van der Waals surface area contributed by atoms with Gasteiger partial charge in [-0.25, -0.2) is 4.98 Å². The highest BCUT2D eigenvalue weighted by molar-refractivity contribution is 5.85. The second-order valence-electron chi connectivity index (χ2n) is 8.65. The standard InChI is InChI=1S/C24H28N6O3.ClH/c1-14(2)27-22-17(9-25)8-18(10-26-22)24-28-23(29-33-24)21-5-4-16-11-30(12-19(32)13-31)7-6-20(16)15(21)3;/h4-5,8,10,14,19,31-32H,6-7,11-13H2,1-3H3,(H,26,27);1H/t19-;/m1./s1. The second-order valence-corrected chi connectivity index (χ2v) is 8.65. The van der Waals surface area contributed by atoms with Gasteiger partial charge < -0.3 is 20.1 Å². The fraction of sp³-hybridized carbons (Fsp3) is 0.417. The topological polar surface area (TPSA) is 131 Å². The number of β-amino-alcohol motifs (C(OH)–C–C–N with tert-alkyl or cyclic N) is 1. The molecule has 0 aliphatic carbocycles. The molecule has 9 nitrogen and oxygen atoms in total. The first-order valence-corrected chi connectivity index (χ1v) is 11.0. The number of halogens is 1. The van der Waals surface area contributed by atoms with Gasteiger partial charge in [0.05, 0.1) is 23.8 Å². The van der Waals surface area contributed by atoms with Crippen molar-refractivity contribution in [3.8, 4) is 28.9 Å². The highest BCUT2D eigenvalue weighted by Gasteiger charge is 2.23. The molecular weight excluding hydrogens is 456 g/mol. The molecule has 3 N–H and O–H groups in total. The Morgan fingerprint density at radius 1 is 1.32 bits per heavy atom. The summed E-state index contributed by atoms with van der Waals surface area (Å²) in [5.41, 5.74) is 5.47. The number of benzene rings is 1. The summed E-state index contributed by atoms with van der Waals surface area (Å²) in [5, 5.41) is 35.7. The first-order chi connectivity index (χ1) is 15.9. The third-order valence-electron chi connectivity index (χ3n) is 5.79. The monoisotopic (exact) mass is 484 g/mol. The van der Waals surface area contributed by atoms with Crippen LogP contribution in [0.25, 0.3) is 22.8 Å². The first kappa shape index (κ1) is 25.6. The SMILES string of the molecule is Cc1c(-c2noc(-c3cnc(NC(C)C)c(C#N)c3)n2)ccc2c1CCN(C[C@@H](O)CO)C2.Cl. The summed E-state index contributed by atoms with van der Waals surface area (Å²) in [6.45, 7) is 7.79. The van der Waals surface area contributed by atoms with Crippen LogP contribution in [0.3, 0.4) is 0 Å². The summed E-state index contributed by atoms with van der Waals surface area (Å²) in [7, 11) is 0. The average Bonchev–Trinajstić information content (AvgIpc) is 3.29. The van der Waals surface area contributed by atoms with Crippen molar-refractivity contribution in [3.63, 3.8) is 0 Å². The van der Waals surface area contributed by atoms with Crippen LogP contribution in [-0.4, -0.2) is 62.1 Å². The van der Waals surface area contributed by atoms with Crippen LogP contribution in [0.15, 0.2) is 28.9 Å². The Labute approximate surface area is 204 Å². The molecule has 0 fully saturated rings. The summed E-state index contributed by atoms with van der Waals surface area (Å²) >= 11 is 0. The number of hydrogen-bond acceptors (Lipinski definition) is 9. The Morgan fingerprint density at radius 2 is 2.12 bits per heavy atom. The number of nitrogens with zero attached hydrogens (tertiary/aromatic N) is 5. The van der Waals surface area contributed by atoms with E-state index in [2.05, 4.69) is 44.4 Å². The highest BCUT2D eigenvalue weighted by Crippen LogP contribution is 2.31. The van der Waals surface area contributed by atoms with Crippen molar-refractivity contribution in [2.45, 2.75) is 45.9 Å². The van der Waals surface area contributed by atoms with E-state index >= 15 is 0 Å². The van der Waals surface area contributed by atoms with Gasteiger partial charge in [-0.2, -0.15) is 10.2 Å². The molecule has 1 atom stereocenters. The number of pyridine rings is 1. The van der Waals surface area contributed by atoms with E-state index in [-0.39, 0.29) is 25.1 Å². The van der Waals surface area contributed by atoms with Gasteiger partial charge in [-0.15, -0.1) is 12.4 Å². The number of anilines is 1. The Balaban J connectivity index is 0.00000324. The van der Waals surface area contributed by atoms with Gasteiger partial charge in [0.25, 0.3) is 5.89 Å². The number of nitriles is 1. The van der Waals surface area contributed by atoms with Crippen molar-refractivity contribution >= 4 is 18.2 Å². The van der Waals surface area contributed by atoms with Gasteiger partial charge in [0.2, 0.25) is 5.82 Å². The van der Waals surface area contributed by atoms with Crippen LogP contribution < -0.4 is 5.32 Å². The summed E-state index contributed by atoms with van der Waals surface area (Å²) in [6.07, 6.45) is 1.74. The molecule has 3 aromatic rings. The largest absolute Gasteiger partial charge is 0.394 e. The third-order valence-corrected chi connectivity index (χ3v) is 5.79. The molecule has 2 aromatic heterocycles. The summed E-state index contributed by atoms with van der Waals surface area (Å²) in [4.78, 5) is 11.1. The molecule has 0 unspecified atom stereocenters. The van der Waals surface area contributed by atoms with Crippen LogP contribution in [0.4, 0.5) is 5.82 Å². The van der Waals surface area contributed by atoms with Gasteiger partial charge in [0.1, 0.15) is 11.9 Å². The summed E-state index contributed by atoms with van der Waals surface area (Å²) in [5.74, 6) is 1.33. The highest BCUT2D eigenvalue weighted by atomic mass is 35.5. The quantitative estimate of drug-likeness (QED) is 0.463. The van der Waals surface area contributed by atoms with E-state index in [1.165, 1.54) is 11.1 Å². The zero-order chi connectivity index (χ0) is 23.5. The number of rotatable bonds is 7. The summed E-state index contributed by atoms with van der Waals surface area (Å²) in [6, 6.07) is 8.07. The molecule has 0 amide bonds. The molecule has 1 aliphatic heterocycles. The predicted octanol–water partition coefficient (Wildman–Crippen LogP) is 2.93. The number of aromatic nitrogens is 3. The minimum Gasteiger partial charge on any atom is -0.394 e. The summed E-state index contributed by atoms with van der Waals surface area (Å²) < 4.78 is 5.51. The fourth-order valence-electron chi connectivity index (χ4n) is 4.16. The lowest BCUT2D eigenvalue weighted by molar-refractivity contribution is 0.0551. The zero-order valence-corrected chi connectivity index (χ0v) is 20.3. The van der Waals surface area contributed by atoms with Crippen LogP contribution in [0, 0.1) is 18.3 Å². The number of nitrogens with one attached hydrogen (secondary N) is 1. The van der Waals surface area contributed by atoms with Crippen LogP contribution in [0.2, 0.25) is 0 Å². The molecule has 0 bridgehead atoms. The molecule has 180 valence electrons. The van der Waals surface area contributed by atoms with E-state index in [9.17, 15) is 10.4 Å². The molecule has 1 aliphatic rings. The van der Waals surface area contributed by atoms with Crippen molar-refractivity contribution in [1.82, 2.24) is 20.0 Å². The van der Waals surface area contributed by atoms with Gasteiger partial charge >= 0.3 is 0 Å². The van der Waals surface area contributed by atoms with E-state index < -0.39 is 6.10 Å². The van der Waals surface area contributed by atoms with Crippen LogP contribution >= 0.6 is 12.4 Å². The van der Waals surface area contributed by atoms with Gasteiger partial charge in [0.15, 0.2) is 0 Å². The fourth-order valence-corrected chi connectivity index (χ4v) is 4.16. The van der Waals surface area contributed by atoms with Crippen LogP contribution in [-0.2, 0) is 13.0 Å². The smallest absolute Gasteiger partial charge is 0.259 e. The molecule has 34 heavy (non-hydrogen) atoms. The van der Waals surface area contributed by atoms with Crippen molar-refractivity contribution in [3.05, 3.63) is 46.6 Å².